The van der Waals surface area contributed by atoms with Crippen LogP contribution in [-0.4, -0.2) is 21.2 Å². The molecular weight excluding hydrogens is 334 g/mol. The first kappa shape index (κ1) is 17.7. The summed E-state index contributed by atoms with van der Waals surface area (Å²) in [6.45, 7) is 4.62. The third kappa shape index (κ3) is 4.31. The Labute approximate surface area is 151 Å². The Balaban J connectivity index is 1.62. The average molecular weight is 357 g/mol. The predicted molar refractivity (Wildman–Crippen MR) is 99.9 cm³/mol. The van der Waals surface area contributed by atoms with Crippen LogP contribution in [0.1, 0.15) is 42.6 Å². The molecule has 0 aliphatic carbocycles. The second-order valence-corrected chi connectivity index (χ2v) is 7.41. The number of benzene rings is 1. The molecule has 3 rings (SSSR count). The number of nitrogens with one attached hydrogen (secondary N) is 1. The monoisotopic (exact) mass is 357 g/mol. The minimum Gasteiger partial charge on any atom is -0.352 e. The van der Waals surface area contributed by atoms with Gasteiger partial charge in [0.05, 0.1) is 6.04 Å². The van der Waals surface area contributed by atoms with Crippen molar-refractivity contribution in [3.05, 3.63) is 57.5 Å². The number of nitrogens with zero attached hydrogens (tertiary/aromatic N) is 2. The zero-order chi connectivity index (χ0) is 17.8. The van der Waals surface area contributed by atoms with E-state index in [0.717, 1.165) is 35.0 Å². The molecular formula is C19H23N3O2S. The van der Waals surface area contributed by atoms with Gasteiger partial charge in [0.15, 0.2) is 5.16 Å². The SMILES string of the molecule is CCCc1cc(=O)n2c(n1)SCC2CC(=O)NCc1ccc(C)cc1. The number of aryl methyl sites for hydroxylation is 2. The van der Waals surface area contributed by atoms with E-state index in [1.807, 2.05) is 31.2 Å². The maximum atomic E-state index is 12.4. The highest BCUT2D eigenvalue weighted by Crippen LogP contribution is 2.32. The lowest BCUT2D eigenvalue weighted by Crippen LogP contribution is -2.30. The van der Waals surface area contributed by atoms with Crippen LogP contribution in [0, 0.1) is 6.92 Å². The van der Waals surface area contributed by atoms with Crippen molar-refractivity contribution in [2.24, 2.45) is 0 Å². The molecule has 1 N–H and O–H groups in total. The lowest BCUT2D eigenvalue weighted by molar-refractivity contribution is -0.121. The molecule has 0 fully saturated rings. The van der Waals surface area contributed by atoms with Gasteiger partial charge in [-0.15, -0.1) is 0 Å². The van der Waals surface area contributed by atoms with Crippen molar-refractivity contribution in [3.8, 4) is 0 Å². The van der Waals surface area contributed by atoms with Crippen molar-refractivity contribution in [1.29, 1.82) is 0 Å². The van der Waals surface area contributed by atoms with Gasteiger partial charge in [-0.2, -0.15) is 0 Å². The minimum absolute atomic E-state index is 0.0384. The number of hydrogen-bond acceptors (Lipinski definition) is 4. The Morgan fingerprint density at radius 1 is 1.36 bits per heavy atom. The Hall–Kier alpha value is -2.08. The molecule has 5 nitrogen and oxygen atoms in total. The van der Waals surface area contributed by atoms with Gasteiger partial charge in [0.25, 0.3) is 5.56 Å². The quantitative estimate of drug-likeness (QED) is 0.808. The van der Waals surface area contributed by atoms with Crippen molar-refractivity contribution < 1.29 is 4.79 Å². The minimum atomic E-state index is -0.117. The smallest absolute Gasteiger partial charge is 0.254 e. The number of hydrogen-bond donors (Lipinski definition) is 1. The molecule has 0 radical (unpaired) electrons. The largest absolute Gasteiger partial charge is 0.352 e. The molecule has 1 amide bonds. The molecule has 2 heterocycles. The van der Waals surface area contributed by atoms with E-state index in [4.69, 9.17) is 0 Å². The van der Waals surface area contributed by atoms with Crippen LogP contribution in [0.2, 0.25) is 0 Å². The highest BCUT2D eigenvalue weighted by Gasteiger charge is 2.27. The molecule has 25 heavy (non-hydrogen) atoms. The normalized spacial score (nSPS) is 15.8. The summed E-state index contributed by atoms with van der Waals surface area (Å²) >= 11 is 1.56. The first-order valence-corrected chi connectivity index (χ1v) is 9.63. The lowest BCUT2D eigenvalue weighted by atomic mass is 10.1. The van der Waals surface area contributed by atoms with Gasteiger partial charge in [0.2, 0.25) is 5.91 Å². The van der Waals surface area contributed by atoms with E-state index in [0.29, 0.717) is 13.0 Å². The van der Waals surface area contributed by atoms with Gasteiger partial charge < -0.3 is 5.32 Å². The van der Waals surface area contributed by atoms with Crippen molar-refractivity contribution in [2.75, 3.05) is 5.75 Å². The maximum absolute atomic E-state index is 12.4. The second-order valence-electron chi connectivity index (χ2n) is 6.42. The molecule has 0 saturated heterocycles. The number of thioether (sulfide) groups is 1. The van der Waals surface area contributed by atoms with Crippen molar-refractivity contribution in [2.45, 2.75) is 50.9 Å². The number of rotatable bonds is 6. The molecule has 0 bridgehead atoms. The van der Waals surface area contributed by atoms with Gasteiger partial charge in [0, 0.05) is 30.5 Å². The van der Waals surface area contributed by atoms with E-state index >= 15 is 0 Å². The fourth-order valence-electron chi connectivity index (χ4n) is 2.93. The van der Waals surface area contributed by atoms with Gasteiger partial charge in [0.1, 0.15) is 0 Å². The molecule has 0 saturated carbocycles. The summed E-state index contributed by atoms with van der Waals surface area (Å²) in [5.74, 6) is 0.680. The molecule has 1 aliphatic rings. The summed E-state index contributed by atoms with van der Waals surface area (Å²) in [7, 11) is 0. The lowest BCUT2D eigenvalue weighted by Gasteiger charge is -2.13. The van der Waals surface area contributed by atoms with Crippen molar-refractivity contribution in [3.63, 3.8) is 0 Å². The number of carbonyl (C=O) groups is 1. The molecule has 0 spiro atoms. The number of carbonyl (C=O) groups excluding carboxylic acids is 1. The Kier molecular flexibility index (Phi) is 5.58. The molecule has 132 valence electrons. The van der Waals surface area contributed by atoms with E-state index in [2.05, 4.69) is 17.2 Å². The summed E-state index contributed by atoms with van der Waals surface area (Å²) < 4.78 is 1.68. The van der Waals surface area contributed by atoms with Crippen LogP contribution in [-0.2, 0) is 17.8 Å². The third-order valence-corrected chi connectivity index (χ3v) is 5.38. The molecule has 1 atom stereocenters. The molecule has 1 aliphatic heterocycles. The molecule has 1 aromatic carbocycles. The van der Waals surface area contributed by atoms with E-state index in [-0.39, 0.29) is 17.5 Å². The Morgan fingerprint density at radius 3 is 2.84 bits per heavy atom. The summed E-state index contributed by atoms with van der Waals surface area (Å²) in [5.41, 5.74) is 3.07. The highest BCUT2D eigenvalue weighted by molar-refractivity contribution is 7.99. The highest BCUT2D eigenvalue weighted by atomic mass is 32.2. The van der Waals surface area contributed by atoms with E-state index in [9.17, 15) is 9.59 Å². The van der Waals surface area contributed by atoms with Gasteiger partial charge in [-0.05, 0) is 18.9 Å². The number of aromatic nitrogens is 2. The van der Waals surface area contributed by atoms with Crippen LogP contribution >= 0.6 is 11.8 Å². The van der Waals surface area contributed by atoms with Gasteiger partial charge >= 0.3 is 0 Å². The summed E-state index contributed by atoms with van der Waals surface area (Å²) in [4.78, 5) is 29.2. The van der Waals surface area contributed by atoms with E-state index < -0.39 is 0 Å². The maximum Gasteiger partial charge on any atom is 0.254 e. The van der Waals surface area contributed by atoms with Gasteiger partial charge in [-0.25, -0.2) is 4.98 Å². The Bertz CT molecular complexity index is 814. The van der Waals surface area contributed by atoms with Crippen LogP contribution in [0.15, 0.2) is 40.3 Å². The van der Waals surface area contributed by atoms with Gasteiger partial charge in [-0.3, -0.25) is 14.2 Å². The van der Waals surface area contributed by atoms with E-state index in [1.54, 1.807) is 22.4 Å². The van der Waals surface area contributed by atoms with Crippen LogP contribution in [0.4, 0.5) is 0 Å². The third-order valence-electron chi connectivity index (χ3n) is 4.28. The van der Waals surface area contributed by atoms with Crippen LogP contribution in [0.5, 0.6) is 0 Å². The zero-order valence-corrected chi connectivity index (χ0v) is 15.4. The van der Waals surface area contributed by atoms with Crippen LogP contribution in [0.25, 0.3) is 0 Å². The Morgan fingerprint density at radius 2 is 2.12 bits per heavy atom. The fraction of sp³-hybridized carbons (Fsp3) is 0.421. The van der Waals surface area contributed by atoms with Crippen molar-refractivity contribution in [1.82, 2.24) is 14.9 Å². The zero-order valence-electron chi connectivity index (χ0n) is 14.6. The standard InChI is InChI=1S/C19H23N3O2S/c1-3-4-15-9-18(24)22-16(12-25-19(22)21-15)10-17(23)20-11-14-7-5-13(2)6-8-14/h5-9,16H,3-4,10-12H2,1-2H3,(H,20,23). The first-order chi connectivity index (χ1) is 12.1. The topological polar surface area (TPSA) is 64.0 Å². The van der Waals surface area contributed by atoms with Crippen molar-refractivity contribution >= 4 is 17.7 Å². The molecule has 2 aromatic rings. The number of amides is 1. The van der Waals surface area contributed by atoms with E-state index in [1.165, 1.54) is 5.56 Å². The second kappa shape index (κ2) is 7.87. The summed E-state index contributed by atoms with van der Waals surface area (Å²) in [6, 6.07) is 9.58. The first-order valence-electron chi connectivity index (χ1n) is 8.64. The van der Waals surface area contributed by atoms with Crippen LogP contribution < -0.4 is 10.9 Å². The average Bonchev–Trinajstić information content (AvgIpc) is 2.98. The number of fused-ring (bicyclic) bond motifs is 1. The fourth-order valence-corrected chi connectivity index (χ4v) is 4.09. The van der Waals surface area contributed by atoms with Gasteiger partial charge in [-0.1, -0.05) is 54.9 Å². The predicted octanol–water partition coefficient (Wildman–Crippen LogP) is 2.86. The van der Waals surface area contributed by atoms with Crippen LogP contribution in [0.3, 0.4) is 0 Å². The molecule has 1 unspecified atom stereocenters. The summed E-state index contributed by atoms with van der Waals surface area (Å²) in [5, 5.41) is 3.69. The molecule has 1 aromatic heterocycles. The molecule has 6 heteroatoms. The summed E-state index contributed by atoms with van der Waals surface area (Å²) in [6.07, 6.45) is 2.08.